The number of carbonyl (C=O) groups excluding carboxylic acids is 1. The summed E-state index contributed by atoms with van der Waals surface area (Å²) in [4.78, 5) is 20.1. The number of unbranched alkanes of at least 4 members (excludes halogenated alkanes) is 2. The molecule has 1 atom stereocenters. The Kier molecular flexibility index (Phi) is 7.16. The first kappa shape index (κ1) is 21.9. The van der Waals surface area contributed by atoms with Crippen LogP contribution in [0, 0.1) is 5.41 Å². The van der Waals surface area contributed by atoms with E-state index in [1.165, 1.54) is 6.08 Å². The summed E-state index contributed by atoms with van der Waals surface area (Å²) in [6.45, 7) is 7.62. The number of nitrogens with one attached hydrogen (secondary N) is 1. The fraction of sp³-hybridized carbons (Fsp3) is 0.400. The van der Waals surface area contributed by atoms with Crippen molar-refractivity contribution in [1.82, 2.24) is 9.88 Å². The van der Waals surface area contributed by atoms with Crippen LogP contribution in [0.5, 0.6) is 0 Å². The SMILES string of the molecule is CCN(CC)CCCCCC1=CC=CC(=O)C1(C(=N)N)c1cnc2ccccc2c1. The molecule has 0 radical (unpaired) electrons. The van der Waals surface area contributed by atoms with E-state index < -0.39 is 5.41 Å². The lowest BCUT2D eigenvalue weighted by atomic mass is 9.66. The number of nitrogens with zero attached hydrogens (tertiary/aromatic N) is 2. The Morgan fingerprint density at radius 2 is 1.93 bits per heavy atom. The second-order valence-electron chi connectivity index (χ2n) is 7.83. The molecule has 1 aliphatic carbocycles. The normalized spacial score (nSPS) is 18.8. The second-order valence-corrected chi connectivity index (χ2v) is 7.83. The maximum Gasteiger partial charge on any atom is 0.177 e. The van der Waals surface area contributed by atoms with Crippen molar-refractivity contribution in [2.45, 2.75) is 44.9 Å². The summed E-state index contributed by atoms with van der Waals surface area (Å²) in [5, 5.41) is 9.35. The van der Waals surface area contributed by atoms with Gasteiger partial charge in [0.15, 0.2) is 5.78 Å². The number of rotatable bonds is 10. The lowest BCUT2D eigenvalue weighted by Crippen LogP contribution is -2.49. The van der Waals surface area contributed by atoms with Gasteiger partial charge in [0.1, 0.15) is 11.3 Å². The van der Waals surface area contributed by atoms with Gasteiger partial charge in [-0.05, 0) is 68.2 Å². The molecule has 0 saturated heterocycles. The van der Waals surface area contributed by atoms with Gasteiger partial charge in [-0.15, -0.1) is 0 Å². The second kappa shape index (κ2) is 9.81. The third kappa shape index (κ3) is 4.21. The highest BCUT2D eigenvalue weighted by atomic mass is 16.1. The van der Waals surface area contributed by atoms with E-state index in [1.54, 1.807) is 12.3 Å². The van der Waals surface area contributed by atoms with Crippen molar-refractivity contribution >= 4 is 22.5 Å². The van der Waals surface area contributed by atoms with Gasteiger partial charge >= 0.3 is 0 Å². The Morgan fingerprint density at radius 1 is 1.17 bits per heavy atom. The number of fused-ring (bicyclic) bond motifs is 1. The molecule has 5 nitrogen and oxygen atoms in total. The summed E-state index contributed by atoms with van der Waals surface area (Å²) < 4.78 is 0. The van der Waals surface area contributed by atoms with E-state index in [2.05, 4.69) is 23.7 Å². The van der Waals surface area contributed by atoms with Crippen molar-refractivity contribution in [3.8, 4) is 0 Å². The van der Waals surface area contributed by atoms with Crippen LogP contribution in [0.15, 0.2) is 60.3 Å². The van der Waals surface area contributed by atoms with Crippen LogP contribution in [-0.2, 0) is 10.2 Å². The predicted octanol–water partition coefficient (Wildman–Crippen LogP) is 4.38. The molecule has 0 spiro atoms. The Balaban J connectivity index is 1.85. The zero-order chi connectivity index (χ0) is 21.6. The monoisotopic (exact) mass is 404 g/mol. The molecule has 30 heavy (non-hydrogen) atoms. The Morgan fingerprint density at radius 3 is 2.67 bits per heavy atom. The molecular weight excluding hydrogens is 372 g/mol. The molecule has 0 bridgehead atoms. The lowest BCUT2D eigenvalue weighted by Gasteiger charge is -2.35. The molecule has 0 amide bonds. The first-order chi connectivity index (χ1) is 14.5. The van der Waals surface area contributed by atoms with Crippen LogP contribution >= 0.6 is 0 Å². The smallest absolute Gasteiger partial charge is 0.177 e. The molecule has 158 valence electrons. The highest BCUT2D eigenvalue weighted by Gasteiger charge is 2.46. The fourth-order valence-corrected chi connectivity index (χ4v) is 4.36. The average molecular weight is 405 g/mol. The number of benzene rings is 1. The highest BCUT2D eigenvalue weighted by Crippen LogP contribution is 2.39. The van der Waals surface area contributed by atoms with E-state index in [0.29, 0.717) is 5.56 Å². The molecule has 0 aliphatic heterocycles. The fourth-order valence-electron chi connectivity index (χ4n) is 4.36. The quantitative estimate of drug-likeness (QED) is 0.350. The number of amidine groups is 1. The standard InChI is InChI=1S/C25H32N4O/c1-3-29(4-2)16-9-5-6-12-20-13-10-15-23(30)25(20,24(26)27)21-17-19-11-7-8-14-22(19)28-18-21/h7-8,10-11,13-15,17-18H,3-6,9,12,16H2,1-2H3,(H3,26,27). The zero-order valence-corrected chi connectivity index (χ0v) is 18.0. The number of ketones is 1. The number of nitrogens with two attached hydrogens (primary N) is 1. The minimum atomic E-state index is -1.25. The maximum atomic E-state index is 13.2. The largest absolute Gasteiger partial charge is 0.386 e. The van der Waals surface area contributed by atoms with Crippen LogP contribution in [-0.4, -0.2) is 41.1 Å². The molecule has 0 saturated carbocycles. The van der Waals surface area contributed by atoms with Crippen LogP contribution in [0.3, 0.4) is 0 Å². The van der Waals surface area contributed by atoms with Gasteiger partial charge in [-0.2, -0.15) is 0 Å². The zero-order valence-electron chi connectivity index (χ0n) is 18.0. The van der Waals surface area contributed by atoms with E-state index in [1.807, 2.05) is 36.4 Å². The average Bonchev–Trinajstić information content (AvgIpc) is 2.76. The van der Waals surface area contributed by atoms with Crippen LogP contribution in [0.4, 0.5) is 0 Å². The molecule has 0 fully saturated rings. The number of hydrogen-bond acceptors (Lipinski definition) is 4. The lowest BCUT2D eigenvalue weighted by molar-refractivity contribution is -0.117. The van der Waals surface area contributed by atoms with E-state index >= 15 is 0 Å². The number of carbonyl (C=O) groups is 1. The molecule has 1 heterocycles. The summed E-state index contributed by atoms with van der Waals surface area (Å²) in [5.41, 5.74) is 7.30. The molecule has 3 N–H and O–H groups in total. The Labute approximate surface area is 179 Å². The highest BCUT2D eigenvalue weighted by molar-refractivity contribution is 6.20. The van der Waals surface area contributed by atoms with Crippen molar-refractivity contribution in [1.29, 1.82) is 5.41 Å². The van der Waals surface area contributed by atoms with E-state index in [0.717, 1.165) is 61.8 Å². The van der Waals surface area contributed by atoms with Gasteiger partial charge in [0, 0.05) is 11.6 Å². The van der Waals surface area contributed by atoms with Gasteiger partial charge < -0.3 is 10.6 Å². The van der Waals surface area contributed by atoms with Crippen LogP contribution in [0.1, 0.15) is 45.1 Å². The van der Waals surface area contributed by atoms with Gasteiger partial charge in [-0.3, -0.25) is 15.2 Å². The van der Waals surface area contributed by atoms with Gasteiger partial charge in [-0.25, -0.2) is 0 Å². The number of allylic oxidation sites excluding steroid dienone is 3. The van der Waals surface area contributed by atoms with Crippen molar-refractivity contribution < 1.29 is 4.79 Å². The predicted molar refractivity (Wildman–Crippen MR) is 124 cm³/mol. The summed E-state index contributed by atoms with van der Waals surface area (Å²) in [7, 11) is 0. The number of hydrogen-bond donors (Lipinski definition) is 2. The van der Waals surface area contributed by atoms with Gasteiger partial charge in [0.2, 0.25) is 0 Å². The van der Waals surface area contributed by atoms with E-state index in [-0.39, 0.29) is 11.6 Å². The van der Waals surface area contributed by atoms with Crippen LogP contribution in [0.25, 0.3) is 10.9 Å². The van der Waals surface area contributed by atoms with Gasteiger partial charge in [0.05, 0.1) is 5.52 Å². The minimum absolute atomic E-state index is 0.136. The van der Waals surface area contributed by atoms with E-state index in [4.69, 9.17) is 11.1 Å². The van der Waals surface area contributed by atoms with Crippen LogP contribution in [0.2, 0.25) is 0 Å². The summed E-state index contributed by atoms with van der Waals surface area (Å²) in [6.07, 6.45) is 10.9. The van der Waals surface area contributed by atoms with Crippen molar-refractivity contribution in [3.63, 3.8) is 0 Å². The Hall–Kier alpha value is -2.79. The third-order valence-electron chi connectivity index (χ3n) is 6.14. The van der Waals surface area contributed by atoms with Crippen LogP contribution < -0.4 is 5.73 Å². The minimum Gasteiger partial charge on any atom is -0.386 e. The molecule has 1 aromatic heterocycles. The molecule has 1 unspecified atom stereocenters. The molecule has 2 aromatic rings. The molecule has 1 aliphatic rings. The topological polar surface area (TPSA) is 83.1 Å². The van der Waals surface area contributed by atoms with Gasteiger partial charge in [-0.1, -0.05) is 50.6 Å². The van der Waals surface area contributed by atoms with E-state index in [9.17, 15) is 4.79 Å². The third-order valence-corrected chi connectivity index (χ3v) is 6.14. The van der Waals surface area contributed by atoms with Gasteiger partial charge in [0.25, 0.3) is 0 Å². The molecular formula is C25H32N4O. The number of para-hydroxylation sites is 1. The number of aromatic nitrogens is 1. The van der Waals surface area contributed by atoms with Crippen molar-refractivity contribution in [3.05, 3.63) is 65.9 Å². The molecule has 3 rings (SSSR count). The first-order valence-corrected chi connectivity index (χ1v) is 10.9. The molecule has 5 heteroatoms. The molecule has 1 aromatic carbocycles. The summed E-state index contributed by atoms with van der Waals surface area (Å²) in [6, 6.07) is 9.75. The van der Waals surface area contributed by atoms with Crippen molar-refractivity contribution in [2.24, 2.45) is 5.73 Å². The first-order valence-electron chi connectivity index (χ1n) is 10.9. The summed E-state index contributed by atoms with van der Waals surface area (Å²) >= 11 is 0. The van der Waals surface area contributed by atoms with Crippen molar-refractivity contribution in [2.75, 3.05) is 19.6 Å². The maximum absolute atomic E-state index is 13.2. The summed E-state index contributed by atoms with van der Waals surface area (Å²) in [5.74, 6) is -0.295. The Bertz CT molecular complexity index is 974. The number of pyridine rings is 1.